The number of hydrogen-bond donors (Lipinski definition) is 4. The highest BCUT2D eigenvalue weighted by molar-refractivity contribution is 5.37. The molecule has 0 atom stereocenters. The summed E-state index contributed by atoms with van der Waals surface area (Å²) < 4.78 is 0. The van der Waals surface area contributed by atoms with Crippen molar-refractivity contribution in [1.82, 2.24) is 0 Å². The molecule has 4 rings (SSSR count). The monoisotopic (exact) mass is 881 g/mol. The first-order chi connectivity index (χ1) is 31.1. The summed E-state index contributed by atoms with van der Waals surface area (Å²) in [5.74, 6) is 1.64. The summed E-state index contributed by atoms with van der Waals surface area (Å²) in [5.41, 5.74) is 7.42. The minimum atomic E-state index is 0.329. The molecule has 0 spiro atoms. The predicted octanol–water partition coefficient (Wildman–Crippen LogP) is 18.6. The second-order valence-corrected chi connectivity index (χ2v) is 18.4. The Kier molecular flexibility index (Phi) is 36.8. The van der Waals surface area contributed by atoms with Gasteiger partial charge in [0.1, 0.15) is 23.0 Å². The molecule has 360 valence electrons. The molecular formula is C60H96O4. The molecule has 0 aliphatic rings. The zero-order valence-corrected chi connectivity index (χ0v) is 42.1. The van der Waals surface area contributed by atoms with Crippen LogP contribution in [0.4, 0.5) is 0 Å². The fourth-order valence-electron chi connectivity index (χ4n) is 7.88. The number of rotatable bonds is 30. The van der Waals surface area contributed by atoms with E-state index >= 15 is 0 Å². The van der Waals surface area contributed by atoms with Gasteiger partial charge in [-0.25, -0.2) is 0 Å². The van der Waals surface area contributed by atoms with Crippen LogP contribution in [0.1, 0.15) is 228 Å². The molecule has 4 heteroatoms. The number of phenolic OH excluding ortho intramolecular Hbond substituents is 4. The van der Waals surface area contributed by atoms with Crippen LogP contribution < -0.4 is 0 Å². The average molecular weight is 881 g/mol. The zero-order chi connectivity index (χ0) is 46.9. The van der Waals surface area contributed by atoms with Gasteiger partial charge in [0, 0.05) is 0 Å². The van der Waals surface area contributed by atoms with Gasteiger partial charge in [-0.15, -0.1) is 0 Å². The van der Waals surface area contributed by atoms with E-state index in [0.29, 0.717) is 23.0 Å². The van der Waals surface area contributed by atoms with Crippen LogP contribution in [0.5, 0.6) is 23.0 Å². The molecule has 4 aromatic carbocycles. The molecule has 0 bridgehead atoms. The molecule has 64 heavy (non-hydrogen) atoms. The Hall–Kier alpha value is -3.92. The van der Waals surface area contributed by atoms with E-state index in [1.54, 1.807) is 24.3 Å². The van der Waals surface area contributed by atoms with Crippen molar-refractivity contribution in [3.05, 3.63) is 118 Å². The Morgan fingerprint density at radius 3 is 1.00 bits per heavy atom. The molecule has 0 saturated heterocycles. The Morgan fingerprint density at radius 2 is 0.578 bits per heavy atom. The van der Waals surface area contributed by atoms with E-state index in [2.05, 4.69) is 52.8 Å². The molecular weight excluding hydrogens is 785 g/mol. The Bertz CT molecular complexity index is 1610. The minimum Gasteiger partial charge on any atom is -0.508 e. The first-order valence-electron chi connectivity index (χ1n) is 26.3. The molecule has 0 aliphatic carbocycles. The lowest BCUT2D eigenvalue weighted by Gasteiger charge is -2.08. The van der Waals surface area contributed by atoms with E-state index < -0.39 is 0 Å². The van der Waals surface area contributed by atoms with Crippen molar-refractivity contribution < 1.29 is 20.4 Å². The van der Waals surface area contributed by atoms with Crippen molar-refractivity contribution in [2.45, 2.75) is 234 Å². The fraction of sp³-hybridized carbons (Fsp3) is 0.600. The Labute approximate surface area is 394 Å². The summed E-state index contributed by atoms with van der Waals surface area (Å²) in [5, 5.41) is 37.7. The van der Waals surface area contributed by atoms with Crippen molar-refractivity contribution in [3.63, 3.8) is 0 Å². The molecule has 0 fully saturated rings. The second kappa shape index (κ2) is 40.6. The van der Waals surface area contributed by atoms with Crippen LogP contribution in [0.25, 0.3) is 0 Å². The first-order valence-corrected chi connectivity index (χ1v) is 26.3. The minimum absolute atomic E-state index is 0.329. The van der Waals surface area contributed by atoms with Crippen LogP contribution >= 0.6 is 0 Å². The fourth-order valence-corrected chi connectivity index (χ4v) is 7.88. The van der Waals surface area contributed by atoms with Gasteiger partial charge in [-0.2, -0.15) is 0 Å². The van der Waals surface area contributed by atoms with Gasteiger partial charge in [0.15, 0.2) is 0 Å². The summed E-state index contributed by atoms with van der Waals surface area (Å²) >= 11 is 0. The van der Waals surface area contributed by atoms with Gasteiger partial charge in [0.25, 0.3) is 0 Å². The zero-order valence-electron chi connectivity index (χ0n) is 42.1. The molecule has 0 radical (unpaired) electrons. The van der Waals surface area contributed by atoms with Gasteiger partial charge in [-0.3, -0.25) is 0 Å². The molecule has 4 aromatic rings. The number of phenols is 4. The summed E-state index contributed by atoms with van der Waals surface area (Å²) in [6.07, 6.45) is 39.1. The van der Waals surface area contributed by atoms with E-state index in [1.807, 2.05) is 49.4 Å². The lowest BCUT2D eigenvalue weighted by atomic mass is 9.99. The molecule has 0 saturated carbocycles. The smallest absolute Gasteiger partial charge is 0.118 e. The topological polar surface area (TPSA) is 80.9 Å². The molecule has 0 unspecified atom stereocenters. The Balaban J connectivity index is 0.000000458. The van der Waals surface area contributed by atoms with E-state index in [9.17, 15) is 10.2 Å². The van der Waals surface area contributed by atoms with Crippen LogP contribution in [0.3, 0.4) is 0 Å². The SMILES string of the molecule is CCCCCCCCCCc1cc(C)ccc1O.CCCCCCCCCc1ccc(O)c(CCCCCCCCC)c1.CCCCCCc1ccc(O)cc1.Cc1ccc(O)cc1. The summed E-state index contributed by atoms with van der Waals surface area (Å²) in [6, 6.07) is 26.8. The van der Waals surface area contributed by atoms with Crippen LogP contribution in [0, 0.1) is 13.8 Å². The Morgan fingerprint density at radius 1 is 0.281 bits per heavy atom. The maximum atomic E-state index is 10.1. The normalized spacial score (nSPS) is 10.6. The maximum absolute atomic E-state index is 10.1. The highest BCUT2D eigenvalue weighted by Gasteiger charge is 2.05. The number of aryl methyl sites for hydroxylation is 6. The molecule has 0 heterocycles. The summed E-state index contributed by atoms with van der Waals surface area (Å²) in [4.78, 5) is 0. The summed E-state index contributed by atoms with van der Waals surface area (Å²) in [6.45, 7) is 13.1. The van der Waals surface area contributed by atoms with Crippen molar-refractivity contribution in [1.29, 1.82) is 0 Å². The van der Waals surface area contributed by atoms with Crippen LogP contribution in [0.2, 0.25) is 0 Å². The molecule has 4 N–H and O–H groups in total. The van der Waals surface area contributed by atoms with Gasteiger partial charge in [0.05, 0.1) is 0 Å². The first kappa shape index (κ1) is 58.1. The number of aromatic hydroxyl groups is 4. The van der Waals surface area contributed by atoms with E-state index in [1.165, 1.54) is 189 Å². The standard InChI is InChI=1S/C24H42O.C17H28O.C12H18O.C7H8O/c1-3-5-7-9-11-13-15-17-22-19-20-24(25)23(21-22)18-16-14-12-10-8-6-4-2;1-3-4-5-6-7-8-9-10-11-16-14-15(2)12-13-17(16)18;1-2-3-4-5-6-11-7-9-12(13)10-8-11;1-6-2-4-7(8)5-3-6/h19-21,25H,3-18H2,1-2H3;12-14,18H,3-11H2,1-2H3;7-10,13H,2-6H2,1H3;2-5,8H,1H3. The highest BCUT2D eigenvalue weighted by Crippen LogP contribution is 2.24. The molecule has 4 nitrogen and oxygen atoms in total. The summed E-state index contributed by atoms with van der Waals surface area (Å²) in [7, 11) is 0. The van der Waals surface area contributed by atoms with Crippen molar-refractivity contribution in [2.24, 2.45) is 0 Å². The largest absolute Gasteiger partial charge is 0.508 e. The predicted molar refractivity (Wildman–Crippen MR) is 279 cm³/mol. The quantitative estimate of drug-likeness (QED) is 0.0393. The van der Waals surface area contributed by atoms with Gasteiger partial charge in [0.2, 0.25) is 0 Å². The third kappa shape index (κ3) is 32.7. The number of benzene rings is 4. The van der Waals surface area contributed by atoms with Gasteiger partial charge < -0.3 is 20.4 Å². The van der Waals surface area contributed by atoms with E-state index in [4.69, 9.17) is 10.2 Å². The van der Waals surface area contributed by atoms with Crippen molar-refractivity contribution in [2.75, 3.05) is 0 Å². The van der Waals surface area contributed by atoms with Crippen molar-refractivity contribution >= 4 is 0 Å². The lowest BCUT2D eigenvalue weighted by Crippen LogP contribution is -1.92. The number of hydrogen-bond acceptors (Lipinski definition) is 4. The van der Waals surface area contributed by atoms with Crippen LogP contribution in [0.15, 0.2) is 84.9 Å². The third-order valence-corrected chi connectivity index (χ3v) is 12.1. The van der Waals surface area contributed by atoms with Gasteiger partial charge in [-0.05, 0) is 124 Å². The van der Waals surface area contributed by atoms with Gasteiger partial charge in [-0.1, -0.05) is 229 Å². The maximum Gasteiger partial charge on any atom is 0.118 e. The third-order valence-electron chi connectivity index (χ3n) is 12.1. The molecule has 0 aliphatic heterocycles. The lowest BCUT2D eigenvalue weighted by molar-refractivity contribution is 0.465. The second-order valence-electron chi connectivity index (χ2n) is 18.4. The highest BCUT2D eigenvalue weighted by atomic mass is 16.3. The van der Waals surface area contributed by atoms with Gasteiger partial charge >= 0.3 is 0 Å². The molecule has 0 aromatic heterocycles. The van der Waals surface area contributed by atoms with Crippen LogP contribution in [-0.2, 0) is 25.7 Å². The van der Waals surface area contributed by atoms with E-state index in [0.717, 1.165) is 36.8 Å². The molecule has 0 amide bonds. The van der Waals surface area contributed by atoms with Crippen LogP contribution in [-0.4, -0.2) is 20.4 Å². The number of unbranched alkanes of at least 4 members (excludes halogenated alkanes) is 22. The van der Waals surface area contributed by atoms with E-state index in [-0.39, 0.29) is 0 Å². The average Bonchev–Trinajstić information content (AvgIpc) is 3.29. The van der Waals surface area contributed by atoms with Crippen molar-refractivity contribution in [3.8, 4) is 23.0 Å².